The zero-order valence-corrected chi connectivity index (χ0v) is 16.6. The Balaban J connectivity index is 1.50. The average molecular weight is 387 g/mol. The van der Waals surface area contributed by atoms with Crippen molar-refractivity contribution in [2.24, 2.45) is 0 Å². The van der Waals surface area contributed by atoms with Crippen LogP contribution >= 0.6 is 0 Å². The molecular weight excluding hydrogens is 365 g/mol. The molecule has 2 aromatic heterocycles. The molecule has 146 valence electrons. The van der Waals surface area contributed by atoms with Gasteiger partial charge in [-0.25, -0.2) is 9.37 Å². The van der Waals surface area contributed by atoms with Gasteiger partial charge in [-0.15, -0.1) is 10.2 Å². The number of hydrogen-bond acceptors (Lipinski definition) is 3. The molecule has 0 aliphatic carbocycles. The van der Waals surface area contributed by atoms with Gasteiger partial charge in [0.05, 0.1) is 12.0 Å². The van der Waals surface area contributed by atoms with Crippen LogP contribution in [0, 0.1) is 19.7 Å². The number of imidazole rings is 1. The normalized spacial score (nSPS) is 12.6. The van der Waals surface area contributed by atoms with E-state index in [1.54, 1.807) is 12.1 Å². The number of rotatable bonds is 5. The van der Waals surface area contributed by atoms with Crippen molar-refractivity contribution in [2.45, 2.75) is 26.7 Å². The number of aromatic nitrogens is 5. The third-order valence-electron chi connectivity index (χ3n) is 4.95. The lowest BCUT2D eigenvalue weighted by atomic mass is 10.0. The van der Waals surface area contributed by atoms with E-state index in [9.17, 15) is 4.39 Å². The van der Waals surface area contributed by atoms with Crippen molar-refractivity contribution in [1.82, 2.24) is 24.7 Å². The topological polar surface area (TPSA) is 59.4 Å². The summed E-state index contributed by atoms with van der Waals surface area (Å²) in [7, 11) is 0. The van der Waals surface area contributed by atoms with E-state index in [0.29, 0.717) is 5.82 Å². The largest absolute Gasteiger partial charge is 0.325 e. The van der Waals surface area contributed by atoms with Gasteiger partial charge in [-0.2, -0.15) is 0 Å². The van der Waals surface area contributed by atoms with Gasteiger partial charge in [-0.3, -0.25) is 0 Å². The minimum absolute atomic E-state index is 0.00501. The lowest BCUT2D eigenvalue weighted by molar-refractivity contribution is 0.626. The van der Waals surface area contributed by atoms with Gasteiger partial charge in [0.1, 0.15) is 11.6 Å². The molecule has 0 spiro atoms. The number of nitrogens with zero attached hydrogens (tertiary/aromatic N) is 4. The molecule has 4 aromatic rings. The van der Waals surface area contributed by atoms with Gasteiger partial charge in [0.25, 0.3) is 0 Å². The fourth-order valence-electron chi connectivity index (χ4n) is 3.27. The van der Waals surface area contributed by atoms with Crippen molar-refractivity contribution in [3.8, 4) is 5.69 Å². The van der Waals surface area contributed by atoms with E-state index < -0.39 is 0 Å². The highest BCUT2D eigenvalue weighted by atomic mass is 19.1. The van der Waals surface area contributed by atoms with Crippen molar-refractivity contribution in [2.75, 3.05) is 0 Å². The first kappa shape index (κ1) is 18.8. The Labute approximate surface area is 169 Å². The summed E-state index contributed by atoms with van der Waals surface area (Å²) in [6, 6.07) is 12.7. The maximum Gasteiger partial charge on any atom is 0.154 e. The first-order chi connectivity index (χ1) is 14.0. The maximum atomic E-state index is 13.1. The Morgan fingerprint density at radius 1 is 1.03 bits per heavy atom. The van der Waals surface area contributed by atoms with Crippen molar-refractivity contribution in [3.63, 3.8) is 0 Å². The second-order valence-electron chi connectivity index (χ2n) is 7.17. The third kappa shape index (κ3) is 4.16. The first-order valence-corrected chi connectivity index (χ1v) is 9.47. The molecule has 2 aromatic carbocycles. The third-order valence-corrected chi connectivity index (χ3v) is 4.95. The minimum Gasteiger partial charge on any atom is -0.325 e. The lowest BCUT2D eigenvalue weighted by Crippen LogP contribution is -1.98. The minimum atomic E-state index is -0.244. The average Bonchev–Trinajstić information content (AvgIpc) is 3.36. The molecule has 0 aliphatic heterocycles. The molecule has 0 saturated carbocycles. The van der Waals surface area contributed by atoms with Crippen LogP contribution in [0.3, 0.4) is 0 Å². The SMILES string of the molecule is Cc1cn(-c2ccc(/C=C/c3nnc(C(C)c4ccc(F)cc4)[nH]3)cc2C)cn1. The van der Waals surface area contributed by atoms with Crippen LogP contribution in [0.2, 0.25) is 0 Å². The highest BCUT2D eigenvalue weighted by Crippen LogP contribution is 2.22. The van der Waals surface area contributed by atoms with Crippen LogP contribution in [-0.4, -0.2) is 24.7 Å². The summed E-state index contributed by atoms with van der Waals surface area (Å²) in [4.78, 5) is 7.52. The van der Waals surface area contributed by atoms with Gasteiger partial charge in [0.2, 0.25) is 0 Å². The summed E-state index contributed by atoms with van der Waals surface area (Å²) in [6.45, 7) is 6.08. The van der Waals surface area contributed by atoms with E-state index in [2.05, 4.69) is 45.3 Å². The van der Waals surface area contributed by atoms with Crippen LogP contribution in [0.1, 0.15) is 46.9 Å². The predicted octanol–water partition coefficient (Wildman–Crippen LogP) is 5.07. The number of hydrogen-bond donors (Lipinski definition) is 1. The Kier molecular flexibility index (Phi) is 5.08. The molecule has 0 aliphatic rings. The van der Waals surface area contributed by atoms with Crippen LogP contribution in [0.25, 0.3) is 17.8 Å². The lowest BCUT2D eigenvalue weighted by Gasteiger charge is -2.07. The molecule has 4 rings (SSSR count). The summed E-state index contributed by atoms with van der Waals surface area (Å²) in [6.07, 6.45) is 7.74. The first-order valence-electron chi connectivity index (χ1n) is 9.47. The Bertz CT molecular complexity index is 1150. The second-order valence-corrected chi connectivity index (χ2v) is 7.17. The monoisotopic (exact) mass is 387 g/mol. The molecule has 0 radical (unpaired) electrons. The molecule has 29 heavy (non-hydrogen) atoms. The second kappa shape index (κ2) is 7.83. The van der Waals surface area contributed by atoms with Crippen LogP contribution in [-0.2, 0) is 0 Å². The summed E-state index contributed by atoms with van der Waals surface area (Å²) < 4.78 is 15.1. The van der Waals surface area contributed by atoms with Gasteiger partial charge >= 0.3 is 0 Å². The standard InChI is InChI=1S/C23H22FN5/c1-15-12-18(4-10-21(15)29-13-16(2)25-14-29)5-11-22-26-23(28-27-22)17(3)19-6-8-20(24)9-7-19/h4-14,17H,1-3H3,(H,26,27,28)/b11-5+. The van der Waals surface area contributed by atoms with Crippen LogP contribution in [0.4, 0.5) is 4.39 Å². The smallest absolute Gasteiger partial charge is 0.154 e. The molecule has 6 heteroatoms. The highest BCUT2D eigenvalue weighted by Gasteiger charge is 2.13. The van der Waals surface area contributed by atoms with Gasteiger partial charge < -0.3 is 9.55 Å². The summed E-state index contributed by atoms with van der Waals surface area (Å²) in [5.74, 6) is 1.19. The number of nitrogens with one attached hydrogen (secondary N) is 1. The van der Waals surface area contributed by atoms with E-state index in [1.807, 2.05) is 43.1 Å². The van der Waals surface area contributed by atoms with Crippen molar-refractivity contribution in [3.05, 3.63) is 94.8 Å². The fourth-order valence-corrected chi connectivity index (χ4v) is 3.27. The molecule has 1 atom stereocenters. The molecule has 0 bridgehead atoms. The van der Waals surface area contributed by atoms with Crippen molar-refractivity contribution in [1.29, 1.82) is 0 Å². The van der Waals surface area contributed by atoms with E-state index in [1.165, 1.54) is 12.1 Å². The Morgan fingerprint density at radius 2 is 1.83 bits per heavy atom. The van der Waals surface area contributed by atoms with E-state index >= 15 is 0 Å². The highest BCUT2D eigenvalue weighted by molar-refractivity contribution is 5.68. The summed E-state index contributed by atoms with van der Waals surface area (Å²) in [5, 5.41) is 8.45. The Hall–Kier alpha value is -3.54. The predicted molar refractivity (Wildman–Crippen MR) is 112 cm³/mol. The van der Waals surface area contributed by atoms with Gasteiger partial charge in [0, 0.05) is 17.8 Å². The Morgan fingerprint density at radius 3 is 2.52 bits per heavy atom. The van der Waals surface area contributed by atoms with E-state index in [-0.39, 0.29) is 11.7 Å². The van der Waals surface area contributed by atoms with Crippen molar-refractivity contribution < 1.29 is 4.39 Å². The molecule has 0 saturated heterocycles. The quantitative estimate of drug-likeness (QED) is 0.520. The molecule has 1 N–H and O–H groups in total. The molecule has 5 nitrogen and oxygen atoms in total. The zero-order valence-electron chi connectivity index (χ0n) is 16.6. The molecule has 0 amide bonds. The molecular formula is C23H22FN5. The number of benzene rings is 2. The van der Waals surface area contributed by atoms with E-state index in [4.69, 9.17) is 0 Å². The van der Waals surface area contributed by atoms with Crippen LogP contribution in [0.15, 0.2) is 55.0 Å². The van der Waals surface area contributed by atoms with Gasteiger partial charge in [-0.05, 0) is 60.9 Å². The maximum absolute atomic E-state index is 13.1. The van der Waals surface area contributed by atoms with Crippen LogP contribution < -0.4 is 0 Å². The molecule has 2 heterocycles. The number of aromatic amines is 1. The summed E-state index contributed by atoms with van der Waals surface area (Å²) >= 11 is 0. The summed E-state index contributed by atoms with van der Waals surface area (Å²) in [5.41, 5.74) is 5.32. The number of halogens is 1. The van der Waals surface area contributed by atoms with Crippen LogP contribution in [0.5, 0.6) is 0 Å². The van der Waals surface area contributed by atoms with E-state index in [0.717, 1.165) is 33.9 Å². The van der Waals surface area contributed by atoms with Gasteiger partial charge in [-0.1, -0.05) is 31.2 Å². The van der Waals surface area contributed by atoms with Gasteiger partial charge in [0.15, 0.2) is 5.82 Å². The zero-order chi connectivity index (χ0) is 20.4. The molecule has 1 unspecified atom stereocenters. The van der Waals surface area contributed by atoms with Crippen molar-refractivity contribution >= 4 is 12.2 Å². The number of aryl methyl sites for hydroxylation is 2. The fraction of sp³-hybridized carbons (Fsp3) is 0.174. The number of H-pyrrole nitrogens is 1. The molecule has 0 fully saturated rings.